The third-order valence-corrected chi connectivity index (χ3v) is 5.91. The minimum Gasteiger partial charge on any atom is -0.355 e. The number of rotatable bonds is 2. The molecule has 5 aromatic carbocycles. The molecule has 1 aliphatic carbocycles. The third kappa shape index (κ3) is 2.26. The second-order valence-electron chi connectivity index (χ2n) is 7.48. The lowest BCUT2D eigenvalue weighted by Gasteiger charge is -2.14. The number of fused-ring (bicyclic) bond motifs is 6. The van der Waals surface area contributed by atoms with E-state index in [4.69, 9.17) is 0 Å². The van der Waals surface area contributed by atoms with Crippen molar-refractivity contribution in [3.63, 3.8) is 0 Å². The van der Waals surface area contributed by atoms with Gasteiger partial charge in [0.05, 0.1) is 0 Å². The van der Waals surface area contributed by atoms with Gasteiger partial charge in [-0.15, -0.1) is 0 Å². The zero-order valence-electron chi connectivity index (χ0n) is 15.4. The van der Waals surface area contributed by atoms with E-state index in [1.807, 2.05) is 0 Å². The molecule has 0 unspecified atom stereocenters. The Morgan fingerprint density at radius 1 is 0.500 bits per heavy atom. The van der Waals surface area contributed by atoms with Gasteiger partial charge in [-0.25, -0.2) is 0 Å². The van der Waals surface area contributed by atoms with E-state index in [0.29, 0.717) is 0 Å². The smallest absolute Gasteiger partial charge is 0.0464 e. The highest BCUT2D eigenvalue weighted by Gasteiger charge is 2.20. The van der Waals surface area contributed by atoms with Crippen LogP contribution < -0.4 is 5.32 Å². The van der Waals surface area contributed by atoms with E-state index in [-0.39, 0.29) is 0 Å². The van der Waals surface area contributed by atoms with Crippen molar-refractivity contribution in [1.29, 1.82) is 0 Å². The molecule has 0 aromatic heterocycles. The van der Waals surface area contributed by atoms with E-state index in [0.717, 1.165) is 12.1 Å². The second-order valence-corrected chi connectivity index (χ2v) is 7.48. The molecule has 0 saturated carbocycles. The largest absolute Gasteiger partial charge is 0.355 e. The van der Waals surface area contributed by atoms with Gasteiger partial charge in [-0.3, -0.25) is 0 Å². The molecule has 1 N–H and O–H groups in total. The first-order valence-corrected chi connectivity index (χ1v) is 9.76. The summed E-state index contributed by atoms with van der Waals surface area (Å²) in [7, 11) is 0. The van der Waals surface area contributed by atoms with Crippen molar-refractivity contribution in [3.8, 4) is 11.1 Å². The van der Waals surface area contributed by atoms with Gasteiger partial charge in [0.25, 0.3) is 0 Å². The van der Waals surface area contributed by atoms with Crippen LogP contribution in [0.1, 0.15) is 11.1 Å². The molecule has 0 bridgehead atoms. The topological polar surface area (TPSA) is 12.0 Å². The van der Waals surface area contributed by atoms with Crippen LogP contribution in [0.15, 0.2) is 97.1 Å². The Labute approximate surface area is 164 Å². The molecular formula is C27H19N. The fourth-order valence-corrected chi connectivity index (χ4v) is 4.57. The van der Waals surface area contributed by atoms with Crippen molar-refractivity contribution in [3.05, 3.63) is 108 Å². The van der Waals surface area contributed by atoms with Crippen LogP contribution >= 0.6 is 0 Å². The maximum atomic E-state index is 3.75. The van der Waals surface area contributed by atoms with Crippen molar-refractivity contribution in [2.24, 2.45) is 0 Å². The average molecular weight is 357 g/mol. The number of benzene rings is 5. The fraction of sp³-hybridized carbons (Fsp3) is 0.0370. The Kier molecular flexibility index (Phi) is 3.30. The molecule has 1 aliphatic rings. The SMILES string of the molecule is c1ccc2c(c1)Cc1c(Nc3cccc4c3ccc3ccccc34)cccc1-2. The summed E-state index contributed by atoms with van der Waals surface area (Å²) >= 11 is 0. The Morgan fingerprint density at radius 2 is 1.25 bits per heavy atom. The average Bonchev–Trinajstić information content (AvgIpc) is 3.14. The standard InChI is InChI=1S/C27H19N/c1-3-9-20-18(7-1)15-16-24-22(20)11-5-13-26(24)28-27-14-6-12-23-21-10-4-2-8-19(21)17-25(23)27/h1-16,28H,17H2. The van der Waals surface area contributed by atoms with Crippen molar-refractivity contribution in [2.75, 3.05) is 5.32 Å². The Hall–Kier alpha value is -3.58. The number of anilines is 2. The molecule has 1 nitrogen and oxygen atoms in total. The van der Waals surface area contributed by atoms with Crippen molar-refractivity contribution < 1.29 is 0 Å². The summed E-state index contributed by atoms with van der Waals surface area (Å²) < 4.78 is 0. The molecule has 0 fully saturated rings. The van der Waals surface area contributed by atoms with Crippen molar-refractivity contribution >= 4 is 32.9 Å². The van der Waals surface area contributed by atoms with Gasteiger partial charge >= 0.3 is 0 Å². The summed E-state index contributed by atoms with van der Waals surface area (Å²) in [4.78, 5) is 0. The van der Waals surface area contributed by atoms with Crippen LogP contribution in [0.3, 0.4) is 0 Å². The Bertz CT molecular complexity index is 1360. The third-order valence-electron chi connectivity index (χ3n) is 5.91. The first-order chi connectivity index (χ1) is 13.9. The molecule has 0 aliphatic heterocycles. The van der Waals surface area contributed by atoms with Crippen LogP contribution in [-0.4, -0.2) is 0 Å². The summed E-state index contributed by atoms with van der Waals surface area (Å²) in [6, 6.07) is 34.9. The first kappa shape index (κ1) is 15.5. The van der Waals surface area contributed by atoms with Crippen LogP contribution in [0, 0.1) is 0 Å². The molecule has 5 aromatic rings. The van der Waals surface area contributed by atoms with E-state index in [9.17, 15) is 0 Å². The van der Waals surface area contributed by atoms with E-state index in [1.54, 1.807) is 0 Å². The molecule has 28 heavy (non-hydrogen) atoms. The van der Waals surface area contributed by atoms with Gasteiger partial charge in [0.2, 0.25) is 0 Å². The van der Waals surface area contributed by atoms with Gasteiger partial charge in [-0.05, 0) is 50.5 Å². The van der Waals surface area contributed by atoms with Crippen molar-refractivity contribution in [1.82, 2.24) is 0 Å². The lowest BCUT2D eigenvalue weighted by molar-refractivity contribution is 1.26. The lowest BCUT2D eigenvalue weighted by Crippen LogP contribution is -1.96. The zero-order valence-corrected chi connectivity index (χ0v) is 15.4. The summed E-state index contributed by atoms with van der Waals surface area (Å²) in [5, 5.41) is 8.88. The quantitative estimate of drug-likeness (QED) is 0.320. The summed E-state index contributed by atoms with van der Waals surface area (Å²) in [6.45, 7) is 0. The highest BCUT2D eigenvalue weighted by molar-refractivity contribution is 6.11. The maximum Gasteiger partial charge on any atom is 0.0464 e. The molecule has 0 radical (unpaired) electrons. The second kappa shape index (κ2) is 5.97. The van der Waals surface area contributed by atoms with Crippen LogP contribution in [0.2, 0.25) is 0 Å². The van der Waals surface area contributed by atoms with Crippen LogP contribution in [0.4, 0.5) is 11.4 Å². The van der Waals surface area contributed by atoms with Gasteiger partial charge < -0.3 is 5.32 Å². The molecule has 0 saturated heterocycles. The van der Waals surface area contributed by atoms with Gasteiger partial charge in [-0.1, -0.05) is 84.9 Å². The van der Waals surface area contributed by atoms with E-state index < -0.39 is 0 Å². The van der Waals surface area contributed by atoms with E-state index >= 15 is 0 Å². The van der Waals surface area contributed by atoms with E-state index in [1.165, 1.54) is 49.5 Å². The first-order valence-electron chi connectivity index (χ1n) is 9.76. The number of nitrogens with one attached hydrogen (secondary N) is 1. The molecule has 0 spiro atoms. The van der Waals surface area contributed by atoms with Crippen LogP contribution in [0.25, 0.3) is 32.7 Å². The predicted molar refractivity (Wildman–Crippen MR) is 119 cm³/mol. The van der Waals surface area contributed by atoms with Gasteiger partial charge in [-0.2, -0.15) is 0 Å². The van der Waals surface area contributed by atoms with Gasteiger partial charge in [0.15, 0.2) is 0 Å². The van der Waals surface area contributed by atoms with Crippen LogP contribution in [0.5, 0.6) is 0 Å². The van der Waals surface area contributed by atoms with Crippen molar-refractivity contribution in [2.45, 2.75) is 6.42 Å². The summed E-state index contributed by atoms with van der Waals surface area (Å²) in [5.41, 5.74) is 7.88. The molecule has 0 heterocycles. The molecule has 1 heteroatoms. The Morgan fingerprint density at radius 3 is 2.25 bits per heavy atom. The van der Waals surface area contributed by atoms with E-state index in [2.05, 4.69) is 102 Å². The molecule has 132 valence electrons. The fourth-order valence-electron chi connectivity index (χ4n) is 4.57. The summed E-state index contributed by atoms with van der Waals surface area (Å²) in [5.74, 6) is 0. The Balaban J connectivity index is 1.50. The molecular weight excluding hydrogens is 338 g/mol. The van der Waals surface area contributed by atoms with Gasteiger partial charge in [0, 0.05) is 23.2 Å². The predicted octanol–water partition coefficient (Wildman–Crippen LogP) is 7.31. The monoisotopic (exact) mass is 357 g/mol. The highest BCUT2D eigenvalue weighted by Crippen LogP contribution is 2.41. The molecule has 6 rings (SSSR count). The molecule has 0 amide bonds. The van der Waals surface area contributed by atoms with Crippen LogP contribution in [-0.2, 0) is 6.42 Å². The molecule has 0 atom stereocenters. The minimum absolute atomic E-state index is 0.988. The normalized spacial score (nSPS) is 12.1. The minimum atomic E-state index is 0.988. The number of hydrogen-bond acceptors (Lipinski definition) is 1. The lowest BCUT2D eigenvalue weighted by atomic mass is 10.0. The number of hydrogen-bond donors (Lipinski definition) is 1. The zero-order chi connectivity index (χ0) is 18.5. The summed E-state index contributed by atoms with van der Waals surface area (Å²) in [6.07, 6.45) is 0.988. The van der Waals surface area contributed by atoms with Gasteiger partial charge in [0.1, 0.15) is 0 Å². The maximum absolute atomic E-state index is 3.75. The highest BCUT2D eigenvalue weighted by atomic mass is 14.9.